The van der Waals surface area contributed by atoms with Crippen molar-refractivity contribution in [3.63, 3.8) is 0 Å². The van der Waals surface area contributed by atoms with E-state index >= 15 is 0 Å². The minimum absolute atomic E-state index is 0.108. The quantitative estimate of drug-likeness (QED) is 0.218. The van der Waals surface area contributed by atoms with E-state index < -0.39 is 0 Å². The molecule has 1 heterocycles. The van der Waals surface area contributed by atoms with Gasteiger partial charge in [-0.3, -0.25) is 4.79 Å². The minimum Gasteiger partial charge on any atom is -0.489 e. The molecule has 7 heteroatoms. The van der Waals surface area contributed by atoms with Crippen LogP contribution in [0, 0.1) is 11.3 Å². The van der Waals surface area contributed by atoms with Gasteiger partial charge in [-0.2, -0.15) is 0 Å². The zero-order valence-corrected chi connectivity index (χ0v) is 25.2. The Balaban J connectivity index is 1.39. The number of nitrogens with zero attached hydrogens (tertiary/aromatic N) is 1. The number of halogens is 2. The van der Waals surface area contributed by atoms with Crippen LogP contribution in [0.3, 0.4) is 0 Å². The van der Waals surface area contributed by atoms with Gasteiger partial charge in [0.1, 0.15) is 17.4 Å². The number of amides is 1. The van der Waals surface area contributed by atoms with E-state index in [-0.39, 0.29) is 11.3 Å². The third-order valence-corrected chi connectivity index (χ3v) is 9.21. The number of aliphatic imine (C=N–C) groups is 1. The average Bonchev–Trinajstić information content (AvgIpc) is 3.31. The van der Waals surface area contributed by atoms with Gasteiger partial charge < -0.3 is 10.1 Å². The summed E-state index contributed by atoms with van der Waals surface area (Å²) in [6.45, 7) is 7.27. The van der Waals surface area contributed by atoms with Crippen LogP contribution in [0.4, 0.5) is 10.7 Å². The molecule has 3 aromatic carbocycles. The fraction of sp³-hybridized carbons (Fsp3) is 0.273. The lowest BCUT2D eigenvalue weighted by molar-refractivity contribution is 0.102. The second-order valence-corrected chi connectivity index (χ2v) is 13.1. The maximum Gasteiger partial charge on any atom is 0.259 e. The Hall–Kier alpha value is -3.12. The molecule has 0 spiro atoms. The van der Waals surface area contributed by atoms with Crippen LogP contribution in [-0.2, 0) is 19.4 Å². The van der Waals surface area contributed by atoms with Crippen molar-refractivity contribution < 1.29 is 9.53 Å². The Morgan fingerprint density at radius 1 is 1.05 bits per heavy atom. The highest BCUT2D eigenvalue weighted by molar-refractivity contribution is 7.16. The van der Waals surface area contributed by atoms with E-state index in [4.69, 9.17) is 32.9 Å². The van der Waals surface area contributed by atoms with Crippen LogP contribution in [0.15, 0.2) is 77.8 Å². The summed E-state index contributed by atoms with van der Waals surface area (Å²) >= 11 is 13.8. The number of benzene rings is 3. The Labute approximate surface area is 250 Å². The smallest absolute Gasteiger partial charge is 0.259 e. The lowest BCUT2D eigenvalue weighted by atomic mass is 9.72. The lowest BCUT2D eigenvalue weighted by Crippen LogP contribution is -2.27. The first-order valence-corrected chi connectivity index (χ1v) is 15.0. The number of nitrogens with one attached hydrogen (secondary N) is 1. The number of anilines is 1. The summed E-state index contributed by atoms with van der Waals surface area (Å²) in [7, 11) is 0. The largest absolute Gasteiger partial charge is 0.489 e. The predicted molar refractivity (Wildman–Crippen MR) is 168 cm³/mol. The third-order valence-electron chi connectivity index (χ3n) is 7.31. The second-order valence-electron chi connectivity index (χ2n) is 11.2. The van der Waals surface area contributed by atoms with Gasteiger partial charge >= 0.3 is 0 Å². The van der Waals surface area contributed by atoms with Gasteiger partial charge in [-0.25, -0.2) is 4.99 Å². The maximum atomic E-state index is 13.6. The van der Waals surface area contributed by atoms with Gasteiger partial charge in [0, 0.05) is 16.8 Å². The highest BCUT2D eigenvalue weighted by Crippen LogP contribution is 2.45. The number of rotatable bonds is 7. The van der Waals surface area contributed by atoms with Crippen LogP contribution < -0.4 is 10.1 Å². The standard InChI is InChI=1S/C33H32Cl2N2O2S/c1-33(2,3)23-13-14-26-29(18-23)40-32(30(26)31(38)37-24-9-5-4-6-10-24)36-19-21-8-7-11-25(16-21)39-20-22-12-15-27(34)28(35)17-22/h4-12,15-17,19,23H,13-14,18,20H2,1-3H3,(H,37,38)/t23-/m0/s1. The molecular formula is C33H32Cl2N2O2S. The fourth-order valence-corrected chi connectivity index (χ4v) is 6.55. The van der Waals surface area contributed by atoms with Crippen LogP contribution in [0.2, 0.25) is 10.0 Å². The average molecular weight is 592 g/mol. The van der Waals surface area contributed by atoms with E-state index in [9.17, 15) is 4.79 Å². The van der Waals surface area contributed by atoms with Crippen LogP contribution >= 0.6 is 34.5 Å². The van der Waals surface area contributed by atoms with E-state index in [1.165, 1.54) is 4.88 Å². The molecule has 0 radical (unpaired) electrons. The zero-order valence-electron chi connectivity index (χ0n) is 22.8. The van der Waals surface area contributed by atoms with E-state index in [1.54, 1.807) is 23.5 Å². The number of carbonyl (C=O) groups excluding carboxylic acids is 1. The first-order valence-electron chi connectivity index (χ1n) is 13.4. The number of hydrogen-bond donors (Lipinski definition) is 1. The van der Waals surface area contributed by atoms with Crippen molar-refractivity contribution in [1.29, 1.82) is 0 Å². The minimum atomic E-state index is -0.108. The first kappa shape index (κ1) is 28.4. The van der Waals surface area contributed by atoms with Crippen LogP contribution in [-0.4, -0.2) is 12.1 Å². The number of thiophene rings is 1. The molecule has 40 heavy (non-hydrogen) atoms. The Bertz CT molecular complexity index is 1540. The molecule has 1 aliphatic carbocycles. The van der Waals surface area contributed by atoms with Gasteiger partial charge in [-0.1, -0.05) is 80.4 Å². The molecule has 1 atom stereocenters. The molecule has 206 valence electrons. The van der Waals surface area contributed by atoms with E-state index in [2.05, 4.69) is 26.1 Å². The van der Waals surface area contributed by atoms with Crippen LogP contribution in [0.1, 0.15) is 59.1 Å². The molecule has 1 aromatic heterocycles. The molecule has 0 aliphatic heterocycles. The monoisotopic (exact) mass is 590 g/mol. The summed E-state index contributed by atoms with van der Waals surface area (Å²) in [5, 5.41) is 4.85. The number of hydrogen-bond acceptors (Lipinski definition) is 4. The molecule has 0 unspecified atom stereocenters. The molecule has 4 nitrogen and oxygen atoms in total. The molecule has 1 N–H and O–H groups in total. The van der Waals surface area contributed by atoms with Gasteiger partial charge in [0.2, 0.25) is 0 Å². The number of para-hydroxylation sites is 1. The summed E-state index contributed by atoms with van der Waals surface area (Å²) in [4.78, 5) is 19.7. The molecule has 5 rings (SSSR count). The summed E-state index contributed by atoms with van der Waals surface area (Å²) in [6, 6.07) is 22.8. The van der Waals surface area contributed by atoms with Crippen molar-refractivity contribution in [2.24, 2.45) is 16.3 Å². The Morgan fingerprint density at radius 3 is 2.60 bits per heavy atom. The molecule has 0 saturated carbocycles. The van der Waals surface area contributed by atoms with Gasteiger partial charge in [-0.15, -0.1) is 11.3 Å². The first-order chi connectivity index (χ1) is 19.2. The SMILES string of the molecule is CC(C)(C)[C@H]1CCc2c(sc(N=Cc3cccc(OCc4ccc(Cl)c(Cl)c4)c3)c2C(=O)Nc2ccccc2)C1. The molecule has 1 amide bonds. The van der Waals surface area contributed by atoms with Crippen molar-refractivity contribution in [3.05, 3.63) is 110 Å². The summed E-state index contributed by atoms with van der Waals surface area (Å²) < 4.78 is 5.99. The number of ether oxygens (including phenoxy) is 1. The van der Waals surface area contributed by atoms with Crippen molar-refractivity contribution in [1.82, 2.24) is 0 Å². The molecule has 1 aliphatic rings. The zero-order chi connectivity index (χ0) is 28.3. The highest BCUT2D eigenvalue weighted by atomic mass is 35.5. The topological polar surface area (TPSA) is 50.7 Å². The van der Waals surface area contributed by atoms with Gasteiger partial charge in [0.05, 0.1) is 15.6 Å². The number of fused-ring (bicyclic) bond motifs is 1. The molecular weight excluding hydrogens is 559 g/mol. The second kappa shape index (κ2) is 12.2. The van der Waals surface area contributed by atoms with Crippen LogP contribution in [0.5, 0.6) is 5.75 Å². The molecule has 4 aromatic rings. The van der Waals surface area contributed by atoms with Gasteiger partial charge in [0.15, 0.2) is 0 Å². The molecule has 0 bridgehead atoms. The van der Waals surface area contributed by atoms with E-state index in [0.29, 0.717) is 28.1 Å². The number of carbonyl (C=O) groups is 1. The van der Waals surface area contributed by atoms with Gasteiger partial charge in [-0.05, 0) is 83.7 Å². The van der Waals surface area contributed by atoms with E-state index in [0.717, 1.165) is 52.4 Å². The third kappa shape index (κ3) is 6.77. The summed E-state index contributed by atoms with van der Waals surface area (Å²) in [6.07, 6.45) is 4.74. The van der Waals surface area contributed by atoms with Crippen molar-refractivity contribution in [2.75, 3.05) is 5.32 Å². The normalized spacial score (nSPS) is 15.2. The van der Waals surface area contributed by atoms with Crippen molar-refractivity contribution in [2.45, 2.75) is 46.6 Å². The Morgan fingerprint density at radius 2 is 1.85 bits per heavy atom. The van der Waals surface area contributed by atoms with Crippen molar-refractivity contribution in [3.8, 4) is 5.75 Å². The fourth-order valence-electron chi connectivity index (χ4n) is 4.96. The lowest BCUT2D eigenvalue weighted by Gasteiger charge is -2.33. The maximum absolute atomic E-state index is 13.6. The van der Waals surface area contributed by atoms with Crippen molar-refractivity contribution >= 4 is 57.3 Å². The highest BCUT2D eigenvalue weighted by Gasteiger charge is 2.33. The van der Waals surface area contributed by atoms with E-state index in [1.807, 2.05) is 66.9 Å². The molecule has 0 fully saturated rings. The summed E-state index contributed by atoms with van der Waals surface area (Å²) in [5.41, 5.74) is 4.65. The predicted octanol–water partition coefficient (Wildman–Crippen LogP) is 9.79. The van der Waals surface area contributed by atoms with Crippen LogP contribution in [0.25, 0.3) is 0 Å². The van der Waals surface area contributed by atoms with Gasteiger partial charge in [0.25, 0.3) is 5.91 Å². The summed E-state index contributed by atoms with van der Waals surface area (Å²) in [5.74, 6) is 1.18. The Kier molecular flexibility index (Phi) is 8.65. The molecule has 0 saturated heterocycles.